The normalized spacial score (nSPS) is 11.5. The molecule has 0 aliphatic heterocycles. The van der Waals surface area contributed by atoms with Crippen LogP contribution in [-0.4, -0.2) is 45.5 Å². The maximum absolute atomic E-state index is 14.9. The summed E-state index contributed by atoms with van der Waals surface area (Å²) in [5.41, 5.74) is 1.68. The number of hydrogen-bond donors (Lipinski definition) is 1. The largest absolute Gasteiger partial charge is 0.493 e. The summed E-state index contributed by atoms with van der Waals surface area (Å²) in [5.74, 6) is 0.537. The van der Waals surface area contributed by atoms with Crippen molar-refractivity contribution in [3.05, 3.63) is 84.3 Å². The second-order valence-corrected chi connectivity index (χ2v) is 9.72. The van der Waals surface area contributed by atoms with E-state index in [1.165, 1.54) is 43.9 Å². The molecule has 36 heavy (non-hydrogen) atoms. The topological polar surface area (TPSA) is 90.0 Å². The minimum Gasteiger partial charge on any atom is -0.493 e. The Morgan fingerprint density at radius 2 is 1.64 bits per heavy atom. The molecule has 1 aromatic heterocycles. The molecule has 0 saturated heterocycles. The smallest absolute Gasteiger partial charge is 0.301 e. The van der Waals surface area contributed by atoms with Crippen molar-refractivity contribution in [2.24, 2.45) is 0 Å². The number of fused-ring (bicyclic) bond motifs is 1. The lowest BCUT2D eigenvalue weighted by molar-refractivity contribution is 0.355. The number of aromatic nitrogens is 1. The van der Waals surface area contributed by atoms with E-state index in [9.17, 15) is 12.8 Å². The molecule has 4 aromatic rings. The van der Waals surface area contributed by atoms with Gasteiger partial charge in [-0.05, 0) is 36.2 Å². The van der Waals surface area contributed by atoms with E-state index in [4.69, 9.17) is 14.2 Å². The first-order chi connectivity index (χ1) is 17.3. The Hall–Kier alpha value is -3.89. The summed E-state index contributed by atoms with van der Waals surface area (Å²) in [6.45, 7) is 0.270. The highest BCUT2D eigenvalue weighted by molar-refractivity contribution is 7.90. The molecular formula is C26H26FN3O5S. The van der Waals surface area contributed by atoms with Gasteiger partial charge < -0.3 is 14.2 Å². The van der Waals surface area contributed by atoms with Gasteiger partial charge in [0.1, 0.15) is 5.75 Å². The molecule has 10 heteroatoms. The van der Waals surface area contributed by atoms with Crippen molar-refractivity contribution in [3.8, 4) is 23.0 Å². The molecule has 4 rings (SSSR count). The number of pyridine rings is 1. The summed E-state index contributed by atoms with van der Waals surface area (Å²) in [6.07, 6.45) is 2.09. The average molecular weight is 512 g/mol. The number of halogens is 1. The van der Waals surface area contributed by atoms with Gasteiger partial charge >= 0.3 is 10.2 Å². The highest BCUT2D eigenvalue weighted by atomic mass is 32.2. The molecule has 188 valence electrons. The molecule has 0 bridgehead atoms. The van der Waals surface area contributed by atoms with Crippen molar-refractivity contribution in [1.29, 1.82) is 0 Å². The number of likely N-dealkylation sites (N-methyl/N-ethyl adjacent to an activating group) is 1. The molecule has 1 N–H and O–H groups in total. The van der Waals surface area contributed by atoms with Crippen LogP contribution in [0, 0.1) is 5.82 Å². The molecule has 0 saturated carbocycles. The Bertz CT molecular complexity index is 1470. The van der Waals surface area contributed by atoms with Crippen molar-refractivity contribution in [2.45, 2.75) is 6.42 Å². The molecule has 0 amide bonds. The summed E-state index contributed by atoms with van der Waals surface area (Å²) in [5, 5.41) is 0.597. The third-order valence-corrected chi connectivity index (χ3v) is 7.07. The molecule has 0 fully saturated rings. The monoisotopic (exact) mass is 511 g/mol. The molecule has 0 unspecified atom stereocenters. The highest BCUT2D eigenvalue weighted by Crippen LogP contribution is 2.37. The van der Waals surface area contributed by atoms with Gasteiger partial charge in [-0.15, -0.1) is 0 Å². The number of ether oxygens (including phenoxy) is 3. The maximum Gasteiger partial charge on any atom is 0.301 e. The lowest BCUT2D eigenvalue weighted by atomic mass is 10.2. The van der Waals surface area contributed by atoms with E-state index in [0.717, 1.165) is 11.6 Å². The second-order valence-electron chi connectivity index (χ2n) is 7.94. The number of hydrogen-bond acceptors (Lipinski definition) is 6. The van der Waals surface area contributed by atoms with E-state index in [1.807, 2.05) is 30.3 Å². The number of nitrogens with one attached hydrogen (secondary N) is 1. The Kier molecular flexibility index (Phi) is 7.56. The first-order valence-electron chi connectivity index (χ1n) is 11.1. The first kappa shape index (κ1) is 25.2. The number of benzene rings is 3. The lowest BCUT2D eigenvalue weighted by Crippen LogP contribution is -2.34. The fraction of sp³-hybridized carbons (Fsp3) is 0.192. The third kappa shape index (κ3) is 5.67. The van der Waals surface area contributed by atoms with Crippen LogP contribution in [0.5, 0.6) is 23.0 Å². The number of anilines is 1. The molecule has 0 aliphatic rings. The van der Waals surface area contributed by atoms with Gasteiger partial charge in [-0.25, -0.2) is 4.39 Å². The van der Waals surface area contributed by atoms with Crippen LogP contribution in [0.4, 0.5) is 10.1 Å². The zero-order valence-electron chi connectivity index (χ0n) is 20.1. The predicted octanol–water partition coefficient (Wildman–Crippen LogP) is 5.01. The summed E-state index contributed by atoms with van der Waals surface area (Å²) >= 11 is 0. The van der Waals surface area contributed by atoms with Crippen molar-refractivity contribution < 1.29 is 27.0 Å². The summed E-state index contributed by atoms with van der Waals surface area (Å²) < 4.78 is 60.4. The average Bonchev–Trinajstić information content (AvgIpc) is 2.88. The standard InChI is InChI=1S/C26H26FN3O5S/c1-30(14-12-18-7-5-4-6-8-18)36(31,32)29-19-9-10-24(21(27)15-19)35-23-11-13-28-22-17-26(34-3)25(33-2)16-20(22)23/h4-11,13,15-17,29H,12,14H2,1-3H3. The summed E-state index contributed by atoms with van der Waals surface area (Å²) in [7, 11) is 0.633. The summed E-state index contributed by atoms with van der Waals surface area (Å²) in [4.78, 5) is 4.30. The van der Waals surface area contributed by atoms with Gasteiger partial charge in [0.25, 0.3) is 0 Å². The Balaban J connectivity index is 1.50. The van der Waals surface area contributed by atoms with E-state index in [-0.39, 0.29) is 18.0 Å². The van der Waals surface area contributed by atoms with Gasteiger partial charge in [-0.3, -0.25) is 9.71 Å². The van der Waals surface area contributed by atoms with Crippen molar-refractivity contribution >= 4 is 26.8 Å². The van der Waals surface area contributed by atoms with Gasteiger partial charge in [-0.2, -0.15) is 12.7 Å². The van der Waals surface area contributed by atoms with Crippen LogP contribution in [0.1, 0.15) is 5.56 Å². The minimum atomic E-state index is -3.87. The van der Waals surface area contributed by atoms with Crippen LogP contribution in [0.25, 0.3) is 10.9 Å². The van der Waals surface area contributed by atoms with E-state index in [2.05, 4.69) is 9.71 Å². The van der Waals surface area contributed by atoms with Crippen LogP contribution < -0.4 is 18.9 Å². The van der Waals surface area contributed by atoms with E-state index in [1.54, 1.807) is 18.2 Å². The molecule has 0 spiro atoms. The van der Waals surface area contributed by atoms with Gasteiger partial charge in [0.15, 0.2) is 23.1 Å². The third-order valence-electron chi connectivity index (χ3n) is 5.57. The molecule has 3 aromatic carbocycles. The summed E-state index contributed by atoms with van der Waals surface area (Å²) in [6, 6.07) is 18.4. The van der Waals surface area contributed by atoms with Crippen LogP contribution in [0.3, 0.4) is 0 Å². The Morgan fingerprint density at radius 3 is 2.33 bits per heavy atom. The highest BCUT2D eigenvalue weighted by Gasteiger charge is 2.19. The van der Waals surface area contributed by atoms with Gasteiger partial charge in [0.2, 0.25) is 0 Å². The zero-order valence-corrected chi connectivity index (χ0v) is 20.9. The Labute approximate surface area is 209 Å². The van der Waals surface area contributed by atoms with Gasteiger partial charge in [0.05, 0.1) is 25.4 Å². The van der Waals surface area contributed by atoms with E-state index >= 15 is 0 Å². The molecule has 1 heterocycles. The van der Waals surface area contributed by atoms with Crippen LogP contribution in [0.15, 0.2) is 72.9 Å². The molecule has 0 aliphatic carbocycles. The van der Waals surface area contributed by atoms with Gasteiger partial charge in [-0.1, -0.05) is 30.3 Å². The molecule has 0 radical (unpaired) electrons. The first-order valence-corrected chi connectivity index (χ1v) is 12.5. The maximum atomic E-state index is 14.9. The lowest BCUT2D eigenvalue weighted by Gasteiger charge is -2.19. The van der Waals surface area contributed by atoms with E-state index in [0.29, 0.717) is 34.6 Å². The number of methoxy groups -OCH3 is 2. The molecule has 8 nitrogen and oxygen atoms in total. The molecule has 0 atom stereocenters. The van der Waals surface area contributed by atoms with Crippen LogP contribution >= 0.6 is 0 Å². The van der Waals surface area contributed by atoms with Crippen molar-refractivity contribution in [1.82, 2.24) is 9.29 Å². The van der Waals surface area contributed by atoms with Crippen molar-refractivity contribution in [2.75, 3.05) is 32.5 Å². The fourth-order valence-electron chi connectivity index (χ4n) is 3.58. The number of rotatable bonds is 10. The predicted molar refractivity (Wildman–Crippen MR) is 137 cm³/mol. The fourth-order valence-corrected chi connectivity index (χ4v) is 4.49. The van der Waals surface area contributed by atoms with Crippen molar-refractivity contribution in [3.63, 3.8) is 0 Å². The zero-order chi connectivity index (χ0) is 25.7. The van der Waals surface area contributed by atoms with Crippen LogP contribution in [0.2, 0.25) is 0 Å². The van der Waals surface area contributed by atoms with Crippen LogP contribution in [-0.2, 0) is 16.6 Å². The quantitative estimate of drug-likeness (QED) is 0.322. The minimum absolute atomic E-state index is 0.0716. The van der Waals surface area contributed by atoms with Gasteiger partial charge in [0, 0.05) is 37.3 Å². The second kappa shape index (κ2) is 10.8. The van der Waals surface area contributed by atoms with E-state index < -0.39 is 16.0 Å². The number of nitrogens with zero attached hydrogens (tertiary/aromatic N) is 2. The Morgan fingerprint density at radius 1 is 0.917 bits per heavy atom. The molecular weight excluding hydrogens is 485 g/mol. The SMILES string of the molecule is COc1cc2nccc(Oc3ccc(NS(=O)(=O)N(C)CCc4ccccc4)cc3F)c2cc1OC.